The molecule has 41 heavy (non-hydrogen) atoms. The third kappa shape index (κ3) is 10.5. The molecule has 10 heteroatoms. The van der Waals surface area contributed by atoms with E-state index < -0.39 is 34.0 Å². The van der Waals surface area contributed by atoms with Crippen molar-refractivity contribution in [3.63, 3.8) is 0 Å². The Morgan fingerprint density at radius 1 is 0.951 bits per heavy atom. The van der Waals surface area contributed by atoms with Gasteiger partial charge in [-0.25, -0.2) is 8.42 Å². The lowest BCUT2D eigenvalue weighted by Crippen LogP contribution is -2.47. The Labute approximate surface area is 245 Å². The number of nitrogens with one attached hydrogen (secondary N) is 2. The molecule has 0 bridgehead atoms. The predicted molar refractivity (Wildman–Crippen MR) is 161 cm³/mol. The fourth-order valence-corrected chi connectivity index (χ4v) is 5.71. The second-order valence-corrected chi connectivity index (χ2v) is 13.4. The highest BCUT2D eigenvalue weighted by atomic mass is 32.2. The molecular weight excluding hydrogens is 540 g/mol. The summed E-state index contributed by atoms with van der Waals surface area (Å²) in [5.74, 6) is -1.17. The lowest BCUT2D eigenvalue weighted by atomic mass is 9.91. The molecule has 0 saturated carbocycles. The summed E-state index contributed by atoms with van der Waals surface area (Å²) in [6, 6.07) is 16.4. The molecule has 0 aliphatic carbocycles. The van der Waals surface area contributed by atoms with Crippen LogP contribution in [-0.4, -0.2) is 50.6 Å². The van der Waals surface area contributed by atoms with Crippen molar-refractivity contribution in [3.05, 3.63) is 65.7 Å². The summed E-state index contributed by atoms with van der Waals surface area (Å²) < 4.78 is 27.2. The van der Waals surface area contributed by atoms with Crippen molar-refractivity contribution in [1.29, 1.82) is 5.26 Å². The monoisotopic (exact) mass is 584 g/mol. The Kier molecular flexibility index (Phi) is 12.8. The average molecular weight is 585 g/mol. The second kappa shape index (κ2) is 15.5. The molecule has 224 valence electrons. The number of sulfonamides is 1. The van der Waals surface area contributed by atoms with E-state index in [4.69, 9.17) is 5.26 Å². The highest BCUT2D eigenvalue weighted by Gasteiger charge is 2.28. The molecule has 3 N–H and O–H groups in total. The molecule has 9 nitrogen and oxygen atoms in total. The van der Waals surface area contributed by atoms with Crippen LogP contribution in [0.4, 0.5) is 5.69 Å². The van der Waals surface area contributed by atoms with Gasteiger partial charge in [0, 0.05) is 24.6 Å². The molecule has 0 aromatic heterocycles. The molecule has 0 fully saturated rings. The zero-order chi connectivity index (χ0) is 30.7. The molecule has 0 aliphatic heterocycles. The number of aliphatic hydroxyl groups is 1. The normalized spacial score (nSPS) is 14.5. The number of anilines is 1. The quantitative estimate of drug-likeness (QED) is 0.286. The number of carbonyl (C=O) groups is 2. The summed E-state index contributed by atoms with van der Waals surface area (Å²) >= 11 is 0. The maximum atomic E-state index is 13.3. The highest BCUT2D eigenvalue weighted by molar-refractivity contribution is 7.92. The molecule has 2 aromatic rings. The minimum absolute atomic E-state index is 0.0897. The third-order valence-electron chi connectivity index (χ3n) is 7.07. The minimum Gasteiger partial charge on any atom is -0.391 e. The number of hydrogen-bond acceptors (Lipinski definition) is 6. The van der Waals surface area contributed by atoms with Crippen molar-refractivity contribution < 1.29 is 23.1 Å². The lowest BCUT2D eigenvalue weighted by molar-refractivity contribution is -0.126. The van der Waals surface area contributed by atoms with E-state index in [1.54, 1.807) is 49.4 Å². The summed E-state index contributed by atoms with van der Waals surface area (Å²) in [6.45, 7) is 9.53. The van der Waals surface area contributed by atoms with E-state index in [0.29, 0.717) is 17.7 Å². The van der Waals surface area contributed by atoms with Crippen LogP contribution in [0, 0.1) is 29.1 Å². The Bertz CT molecular complexity index is 1290. The first-order valence-electron chi connectivity index (χ1n) is 14.0. The van der Waals surface area contributed by atoms with Gasteiger partial charge < -0.3 is 15.7 Å². The maximum Gasteiger partial charge on any atom is 0.251 e. The summed E-state index contributed by atoms with van der Waals surface area (Å²) in [6.07, 6.45) is -0.184. The highest BCUT2D eigenvalue weighted by Crippen LogP contribution is 2.22. The standard InChI is InChI=1S/C31H44N4O5S/c1-21(2)17-28(29(36)18-23(5)30(37)33-27(15-16-32)22(3)4)34-31(38)25-13-10-14-26(19-25)35(6)41(39,40)20-24-11-8-7-9-12-24/h7-14,19,21-23,27-29,36H,15,17-18,20H2,1-6H3,(H,33,37)(H,34,38)/t23-,27-,28+,29+/m1/s1. The number of carbonyl (C=O) groups excluding carboxylic acids is 2. The molecule has 2 amide bonds. The van der Waals surface area contributed by atoms with E-state index >= 15 is 0 Å². The number of benzene rings is 2. The molecule has 2 rings (SSSR count). The Hall–Kier alpha value is -3.42. The van der Waals surface area contributed by atoms with Gasteiger partial charge in [0.25, 0.3) is 5.91 Å². The van der Waals surface area contributed by atoms with Crippen LogP contribution in [0.5, 0.6) is 0 Å². The van der Waals surface area contributed by atoms with E-state index in [1.807, 2.05) is 33.8 Å². The van der Waals surface area contributed by atoms with E-state index in [0.717, 1.165) is 4.31 Å². The predicted octanol–water partition coefficient (Wildman–Crippen LogP) is 4.24. The summed E-state index contributed by atoms with van der Waals surface area (Å²) in [5, 5.41) is 25.9. The lowest BCUT2D eigenvalue weighted by Gasteiger charge is -2.28. The Morgan fingerprint density at radius 3 is 2.20 bits per heavy atom. The molecule has 0 heterocycles. The van der Waals surface area contributed by atoms with Crippen molar-refractivity contribution in [3.8, 4) is 6.07 Å². The van der Waals surface area contributed by atoms with Gasteiger partial charge >= 0.3 is 0 Å². The Morgan fingerprint density at radius 2 is 1.61 bits per heavy atom. The van der Waals surface area contributed by atoms with Gasteiger partial charge in [-0.05, 0) is 48.4 Å². The van der Waals surface area contributed by atoms with Crippen molar-refractivity contribution in [2.45, 2.75) is 77.8 Å². The van der Waals surface area contributed by atoms with Crippen LogP contribution in [0.3, 0.4) is 0 Å². The number of nitrogens with zero attached hydrogens (tertiary/aromatic N) is 2. The smallest absolute Gasteiger partial charge is 0.251 e. The SMILES string of the molecule is CC(C)C[C@H](NC(=O)c1cccc(N(C)S(=O)(=O)Cc2ccccc2)c1)[C@@H](O)C[C@@H](C)C(=O)N[C@H](CC#N)C(C)C. The van der Waals surface area contributed by atoms with Gasteiger partial charge in [-0.2, -0.15) is 5.26 Å². The van der Waals surface area contributed by atoms with E-state index in [9.17, 15) is 23.1 Å². The summed E-state index contributed by atoms with van der Waals surface area (Å²) in [4.78, 5) is 26.1. The fraction of sp³-hybridized carbons (Fsp3) is 0.516. The summed E-state index contributed by atoms with van der Waals surface area (Å²) in [5.41, 5.74) is 1.26. The number of rotatable bonds is 15. The van der Waals surface area contributed by atoms with Crippen molar-refractivity contribution >= 4 is 27.5 Å². The zero-order valence-corrected chi connectivity index (χ0v) is 25.7. The second-order valence-electron chi connectivity index (χ2n) is 11.4. The largest absolute Gasteiger partial charge is 0.391 e. The molecule has 2 aromatic carbocycles. The van der Waals surface area contributed by atoms with Crippen molar-refractivity contribution in [1.82, 2.24) is 10.6 Å². The molecule has 0 saturated heterocycles. The molecule has 4 atom stereocenters. The molecular formula is C31H44N4O5S. The van der Waals surface area contributed by atoms with Gasteiger partial charge in [-0.15, -0.1) is 0 Å². The van der Waals surface area contributed by atoms with Crippen LogP contribution >= 0.6 is 0 Å². The number of aliphatic hydroxyl groups excluding tert-OH is 1. The van der Waals surface area contributed by atoms with Gasteiger partial charge in [0.05, 0.1) is 36.1 Å². The van der Waals surface area contributed by atoms with Gasteiger partial charge in [0.15, 0.2) is 0 Å². The van der Waals surface area contributed by atoms with E-state index in [-0.39, 0.29) is 47.9 Å². The first-order chi connectivity index (χ1) is 19.2. The van der Waals surface area contributed by atoms with Crippen LogP contribution in [0.2, 0.25) is 0 Å². The van der Waals surface area contributed by atoms with Crippen molar-refractivity contribution in [2.24, 2.45) is 17.8 Å². The van der Waals surface area contributed by atoms with Crippen molar-refractivity contribution in [2.75, 3.05) is 11.4 Å². The van der Waals surface area contributed by atoms with Crippen LogP contribution in [-0.2, 0) is 20.6 Å². The number of hydrogen-bond donors (Lipinski definition) is 3. The molecule has 0 spiro atoms. The number of nitriles is 1. The van der Waals surface area contributed by atoms with Crippen LogP contribution in [0.1, 0.15) is 69.8 Å². The third-order valence-corrected chi connectivity index (χ3v) is 8.82. The topological polar surface area (TPSA) is 140 Å². The van der Waals surface area contributed by atoms with Gasteiger partial charge in [-0.3, -0.25) is 13.9 Å². The Balaban J connectivity index is 2.14. The van der Waals surface area contributed by atoms with Gasteiger partial charge in [0.2, 0.25) is 15.9 Å². The first-order valence-corrected chi connectivity index (χ1v) is 15.6. The number of amides is 2. The van der Waals surface area contributed by atoms with Crippen LogP contribution in [0.25, 0.3) is 0 Å². The minimum atomic E-state index is -3.69. The average Bonchev–Trinajstić information content (AvgIpc) is 2.91. The summed E-state index contributed by atoms with van der Waals surface area (Å²) in [7, 11) is -2.24. The van der Waals surface area contributed by atoms with Crippen LogP contribution in [0.15, 0.2) is 54.6 Å². The molecule has 0 unspecified atom stereocenters. The fourth-order valence-electron chi connectivity index (χ4n) is 4.47. The molecule has 0 radical (unpaired) electrons. The van der Waals surface area contributed by atoms with E-state index in [2.05, 4.69) is 16.7 Å². The molecule has 0 aliphatic rings. The maximum absolute atomic E-state index is 13.3. The van der Waals surface area contributed by atoms with Crippen LogP contribution < -0.4 is 14.9 Å². The zero-order valence-electron chi connectivity index (χ0n) is 24.9. The van der Waals surface area contributed by atoms with Gasteiger partial charge in [-0.1, -0.05) is 71.0 Å². The van der Waals surface area contributed by atoms with E-state index in [1.165, 1.54) is 13.1 Å². The first kappa shape index (κ1) is 33.8. The van der Waals surface area contributed by atoms with Gasteiger partial charge in [0.1, 0.15) is 0 Å².